The lowest BCUT2D eigenvalue weighted by Gasteiger charge is -2.39. The molecule has 1 heterocycles. The fourth-order valence-corrected chi connectivity index (χ4v) is 1.95. The SMILES string of the molecule is CC(C)(C)C(C)(C)CNCC1CCCNC1. The Morgan fingerprint density at radius 1 is 1.19 bits per heavy atom. The number of hydrogen-bond acceptors (Lipinski definition) is 2. The third kappa shape index (κ3) is 4.06. The van der Waals surface area contributed by atoms with E-state index in [4.69, 9.17) is 0 Å². The molecule has 1 atom stereocenters. The van der Waals surface area contributed by atoms with E-state index in [9.17, 15) is 0 Å². The predicted octanol–water partition coefficient (Wildman–Crippen LogP) is 2.65. The van der Waals surface area contributed by atoms with Crippen LogP contribution in [0.5, 0.6) is 0 Å². The molecule has 1 aliphatic rings. The van der Waals surface area contributed by atoms with Gasteiger partial charge in [-0.3, -0.25) is 0 Å². The third-order valence-electron chi connectivity index (χ3n) is 4.43. The topological polar surface area (TPSA) is 24.1 Å². The first kappa shape index (κ1) is 14.0. The average Bonchev–Trinajstić information content (AvgIpc) is 2.17. The molecule has 0 aromatic carbocycles. The van der Waals surface area contributed by atoms with Crippen LogP contribution in [0, 0.1) is 16.7 Å². The Morgan fingerprint density at radius 3 is 2.38 bits per heavy atom. The molecule has 2 N–H and O–H groups in total. The molecule has 0 aliphatic carbocycles. The molecule has 1 saturated heterocycles. The number of piperidine rings is 1. The van der Waals surface area contributed by atoms with Crippen molar-refractivity contribution in [1.29, 1.82) is 0 Å². The summed E-state index contributed by atoms with van der Waals surface area (Å²) in [6.07, 6.45) is 2.73. The highest BCUT2D eigenvalue weighted by Gasteiger charge is 2.32. The lowest BCUT2D eigenvalue weighted by atomic mass is 9.69. The standard InChI is InChI=1S/C14H30N2/c1-13(2,3)14(4,5)11-16-10-12-7-6-8-15-9-12/h12,15-16H,6-11H2,1-5H3. The highest BCUT2D eigenvalue weighted by Crippen LogP contribution is 2.36. The molecule has 0 radical (unpaired) electrons. The fraction of sp³-hybridized carbons (Fsp3) is 1.00. The highest BCUT2D eigenvalue weighted by atomic mass is 14.9. The first-order valence-corrected chi connectivity index (χ1v) is 6.74. The van der Waals surface area contributed by atoms with Crippen molar-refractivity contribution in [2.75, 3.05) is 26.2 Å². The summed E-state index contributed by atoms with van der Waals surface area (Å²) in [5.41, 5.74) is 0.722. The van der Waals surface area contributed by atoms with Gasteiger partial charge < -0.3 is 10.6 Å². The minimum atomic E-state index is 0.356. The van der Waals surface area contributed by atoms with Crippen LogP contribution < -0.4 is 10.6 Å². The number of rotatable bonds is 4. The van der Waals surface area contributed by atoms with Gasteiger partial charge in [0, 0.05) is 6.54 Å². The number of hydrogen-bond donors (Lipinski definition) is 2. The fourth-order valence-electron chi connectivity index (χ4n) is 1.95. The van der Waals surface area contributed by atoms with E-state index in [0.29, 0.717) is 10.8 Å². The van der Waals surface area contributed by atoms with Crippen LogP contribution in [0.1, 0.15) is 47.5 Å². The zero-order valence-corrected chi connectivity index (χ0v) is 11.8. The van der Waals surface area contributed by atoms with Crippen LogP contribution in [-0.4, -0.2) is 26.2 Å². The lowest BCUT2D eigenvalue weighted by molar-refractivity contribution is 0.126. The molecule has 0 amide bonds. The Kier molecular flexibility index (Phi) is 4.81. The average molecular weight is 226 g/mol. The first-order chi connectivity index (χ1) is 7.33. The Hall–Kier alpha value is -0.0800. The van der Waals surface area contributed by atoms with Crippen molar-refractivity contribution in [3.05, 3.63) is 0 Å². The van der Waals surface area contributed by atoms with E-state index in [2.05, 4.69) is 45.3 Å². The normalized spacial score (nSPS) is 23.4. The molecule has 96 valence electrons. The Balaban J connectivity index is 2.23. The number of nitrogens with one attached hydrogen (secondary N) is 2. The van der Waals surface area contributed by atoms with Gasteiger partial charge in [0.05, 0.1) is 0 Å². The quantitative estimate of drug-likeness (QED) is 0.770. The second kappa shape index (κ2) is 5.50. The largest absolute Gasteiger partial charge is 0.316 e. The monoisotopic (exact) mass is 226 g/mol. The van der Waals surface area contributed by atoms with Crippen molar-refractivity contribution in [1.82, 2.24) is 10.6 Å². The van der Waals surface area contributed by atoms with Crippen LogP contribution in [0.15, 0.2) is 0 Å². The molecule has 1 rings (SSSR count). The van der Waals surface area contributed by atoms with Crippen LogP contribution in [0.3, 0.4) is 0 Å². The summed E-state index contributed by atoms with van der Waals surface area (Å²) in [6.45, 7) is 16.4. The molecule has 1 unspecified atom stereocenters. The van der Waals surface area contributed by atoms with Crippen LogP contribution >= 0.6 is 0 Å². The molecule has 0 saturated carbocycles. The summed E-state index contributed by atoms with van der Waals surface area (Å²) in [5, 5.41) is 7.13. The van der Waals surface area contributed by atoms with Crippen molar-refractivity contribution in [2.45, 2.75) is 47.5 Å². The minimum absolute atomic E-state index is 0.356. The Morgan fingerprint density at radius 2 is 1.88 bits per heavy atom. The molecule has 0 aromatic heterocycles. The van der Waals surface area contributed by atoms with E-state index in [0.717, 1.165) is 12.5 Å². The summed E-state index contributed by atoms with van der Waals surface area (Å²) in [7, 11) is 0. The zero-order valence-electron chi connectivity index (χ0n) is 11.8. The van der Waals surface area contributed by atoms with E-state index in [1.165, 1.54) is 32.5 Å². The van der Waals surface area contributed by atoms with Gasteiger partial charge in [0.2, 0.25) is 0 Å². The van der Waals surface area contributed by atoms with E-state index < -0.39 is 0 Å². The molecule has 0 bridgehead atoms. The van der Waals surface area contributed by atoms with Crippen LogP contribution in [-0.2, 0) is 0 Å². The maximum Gasteiger partial charge on any atom is 0.000765 e. The maximum atomic E-state index is 3.66. The van der Waals surface area contributed by atoms with Gasteiger partial charge in [0.1, 0.15) is 0 Å². The van der Waals surface area contributed by atoms with Gasteiger partial charge in [-0.05, 0) is 49.2 Å². The van der Waals surface area contributed by atoms with E-state index in [1.807, 2.05) is 0 Å². The molecular formula is C14H30N2. The molecule has 2 heteroatoms. The van der Waals surface area contributed by atoms with Crippen LogP contribution in [0.2, 0.25) is 0 Å². The molecule has 2 nitrogen and oxygen atoms in total. The lowest BCUT2D eigenvalue weighted by Crippen LogP contribution is -2.43. The van der Waals surface area contributed by atoms with Crippen molar-refractivity contribution in [3.63, 3.8) is 0 Å². The molecule has 16 heavy (non-hydrogen) atoms. The van der Waals surface area contributed by atoms with Gasteiger partial charge in [0.25, 0.3) is 0 Å². The zero-order chi connectivity index (χ0) is 12.2. The first-order valence-electron chi connectivity index (χ1n) is 6.74. The van der Waals surface area contributed by atoms with Gasteiger partial charge in [-0.25, -0.2) is 0 Å². The Bertz CT molecular complexity index is 197. The second-order valence-electron chi connectivity index (χ2n) is 6.98. The van der Waals surface area contributed by atoms with Crippen molar-refractivity contribution < 1.29 is 0 Å². The van der Waals surface area contributed by atoms with Crippen LogP contribution in [0.25, 0.3) is 0 Å². The summed E-state index contributed by atoms with van der Waals surface area (Å²) >= 11 is 0. The summed E-state index contributed by atoms with van der Waals surface area (Å²) in [5.74, 6) is 0.838. The predicted molar refractivity (Wildman–Crippen MR) is 71.7 cm³/mol. The maximum absolute atomic E-state index is 3.66. The third-order valence-corrected chi connectivity index (χ3v) is 4.43. The van der Waals surface area contributed by atoms with Gasteiger partial charge in [-0.15, -0.1) is 0 Å². The molecule has 0 spiro atoms. The van der Waals surface area contributed by atoms with E-state index >= 15 is 0 Å². The highest BCUT2D eigenvalue weighted by molar-refractivity contribution is 4.84. The smallest absolute Gasteiger partial charge is 0.000765 e. The minimum Gasteiger partial charge on any atom is -0.316 e. The summed E-state index contributed by atoms with van der Waals surface area (Å²) in [4.78, 5) is 0. The van der Waals surface area contributed by atoms with E-state index in [-0.39, 0.29) is 0 Å². The summed E-state index contributed by atoms with van der Waals surface area (Å²) in [6, 6.07) is 0. The Labute approximate surface area is 102 Å². The molecule has 1 fully saturated rings. The molecule has 1 aliphatic heterocycles. The summed E-state index contributed by atoms with van der Waals surface area (Å²) < 4.78 is 0. The van der Waals surface area contributed by atoms with Gasteiger partial charge in [0.15, 0.2) is 0 Å². The van der Waals surface area contributed by atoms with Gasteiger partial charge in [-0.1, -0.05) is 34.6 Å². The van der Waals surface area contributed by atoms with Gasteiger partial charge in [-0.2, -0.15) is 0 Å². The van der Waals surface area contributed by atoms with Crippen molar-refractivity contribution in [3.8, 4) is 0 Å². The molecule has 0 aromatic rings. The second-order valence-corrected chi connectivity index (χ2v) is 6.98. The molecular weight excluding hydrogens is 196 g/mol. The van der Waals surface area contributed by atoms with Crippen molar-refractivity contribution >= 4 is 0 Å². The van der Waals surface area contributed by atoms with Gasteiger partial charge >= 0.3 is 0 Å². The van der Waals surface area contributed by atoms with Crippen molar-refractivity contribution in [2.24, 2.45) is 16.7 Å². The van der Waals surface area contributed by atoms with Crippen LogP contribution in [0.4, 0.5) is 0 Å². The van der Waals surface area contributed by atoms with E-state index in [1.54, 1.807) is 0 Å².